The van der Waals surface area contributed by atoms with Crippen molar-refractivity contribution in [2.75, 3.05) is 13.7 Å². The molecular weight excluding hydrogens is 521 g/mol. The molecule has 1 aromatic heterocycles. The number of methoxy groups -OCH3 is 1. The largest absolute Gasteiger partial charge is 0.496 e. The third-order valence-corrected chi connectivity index (χ3v) is 6.63. The minimum absolute atomic E-state index is 0.0928. The van der Waals surface area contributed by atoms with Crippen LogP contribution in [0.1, 0.15) is 37.8 Å². The third kappa shape index (κ3) is 5.33. The summed E-state index contributed by atoms with van der Waals surface area (Å²) in [5.74, 6) is -0.387. The maximum absolute atomic E-state index is 14.3. The average molecular weight is 550 g/mol. The number of hydrogen-bond donors (Lipinski definition) is 2. The predicted octanol–water partition coefficient (Wildman–Crippen LogP) is 5.75. The van der Waals surface area contributed by atoms with Crippen LogP contribution in [-0.2, 0) is 10.3 Å². The van der Waals surface area contributed by atoms with Crippen LogP contribution in [0.3, 0.4) is 0 Å². The Labute approximate surface area is 222 Å². The van der Waals surface area contributed by atoms with Gasteiger partial charge in [0.05, 0.1) is 36.7 Å². The minimum atomic E-state index is -4.76. The molecule has 0 radical (unpaired) electrons. The maximum Gasteiger partial charge on any atom is 0.419 e. The fourth-order valence-electron chi connectivity index (χ4n) is 4.56. The van der Waals surface area contributed by atoms with Crippen molar-refractivity contribution in [2.24, 2.45) is 10.7 Å². The number of ether oxygens (including phenoxy) is 2. The molecule has 0 bridgehead atoms. The number of benzene rings is 2. The summed E-state index contributed by atoms with van der Waals surface area (Å²) in [6.07, 6.45) is -3.47. The van der Waals surface area contributed by atoms with E-state index in [2.05, 4.69) is 22.0 Å². The highest BCUT2D eigenvalue weighted by atomic mass is 19.4. The van der Waals surface area contributed by atoms with E-state index in [4.69, 9.17) is 15.2 Å². The summed E-state index contributed by atoms with van der Waals surface area (Å²) >= 11 is 0. The van der Waals surface area contributed by atoms with Gasteiger partial charge in [0.2, 0.25) is 0 Å². The predicted molar refractivity (Wildman–Crippen MR) is 137 cm³/mol. The number of hydrogen-bond acceptors (Lipinski definition) is 5. The number of halogens is 5. The summed E-state index contributed by atoms with van der Waals surface area (Å²) < 4.78 is 82.5. The quantitative estimate of drug-likeness (QED) is 0.202. The molecule has 3 N–H and O–H groups in total. The van der Waals surface area contributed by atoms with Crippen LogP contribution in [0.4, 0.5) is 27.8 Å². The zero-order valence-electron chi connectivity index (χ0n) is 21.6. The van der Waals surface area contributed by atoms with Crippen molar-refractivity contribution in [2.45, 2.75) is 44.1 Å². The van der Waals surface area contributed by atoms with Gasteiger partial charge in [-0.15, -0.1) is 0 Å². The van der Waals surface area contributed by atoms with Gasteiger partial charge < -0.3 is 20.5 Å². The zero-order valence-corrected chi connectivity index (χ0v) is 21.6. The zero-order chi connectivity index (χ0) is 28.6. The lowest BCUT2D eigenvalue weighted by Gasteiger charge is -2.55. The van der Waals surface area contributed by atoms with Crippen molar-refractivity contribution in [3.8, 4) is 11.4 Å². The van der Waals surface area contributed by atoms with Gasteiger partial charge in [-0.2, -0.15) is 18.3 Å². The summed E-state index contributed by atoms with van der Waals surface area (Å²) in [6.45, 7) is 6.45. The second kappa shape index (κ2) is 10.3. The van der Waals surface area contributed by atoms with Crippen LogP contribution in [0, 0.1) is 11.6 Å². The molecule has 39 heavy (non-hydrogen) atoms. The Morgan fingerprint density at radius 2 is 1.85 bits per heavy atom. The highest BCUT2D eigenvalue weighted by Gasteiger charge is 2.68. The van der Waals surface area contributed by atoms with Crippen LogP contribution in [0.15, 0.2) is 60.2 Å². The Balaban J connectivity index is 1.61. The second-order valence-corrected chi connectivity index (χ2v) is 9.41. The Morgan fingerprint density at radius 3 is 2.44 bits per heavy atom. The van der Waals surface area contributed by atoms with Crippen LogP contribution in [0.5, 0.6) is 5.75 Å². The van der Waals surface area contributed by atoms with E-state index < -0.39 is 42.0 Å². The Morgan fingerprint density at radius 1 is 1.21 bits per heavy atom. The Kier molecular flexibility index (Phi) is 7.44. The van der Waals surface area contributed by atoms with E-state index in [-0.39, 0.29) is 28.7 Å². The molecule has 2 aromatic carbocycles. The van der Waals surface area contributed by atoms with Gasteiger partial charge in [-0.25, -0.2) is 18.5 Å². The van der Waals surface area contributed by atoms with Gasteiger partial charge in [-0.3, -0.25) is 0 Å². The molecule has 4 rings (SSSR count). The van der Waals surface area contributed by atoms with E-state index in [0.717, 1.165) is 12.1 Å². The van der Waals surface area contributed by atoms with E-state index in [1.807, 2.05) is 0 Å². The molecule has 2 atom stereocenters. The average Bonchev–Trinajstić information content (AvgIpc) is 3.28. The topological polar surface area (TPSA) is 86.7 Å². The lowest BCUT2D eigenvalue weighted by molar-refractivity contribution is -0.382. The van der Waals surface area contributed by atoms with E-state index in [1.54, 1.807) is 6.92 Å². The first-order valence-electron chi connectivity index (χ1n) is 12.0. The first kappa shape index (κ1) is 28.1. The van der Waals surface area contributed by atoms with Crippen LogP contribution >= 0.6 is 0 Å². The number of aromatic nitrogens is 2. The number of nitrogens with zero attached hydrogens (tertiary/aromatic N) is 3. The van der Waals surface area contributed by atoms with Gasteiger partial charge in [0.25, 0.3) is 0 Å². The molecule has 1 aliphatic heterocycles. The molecule has 1 fully saturated rings. The van der Waals surface area contributed by atoms with Crippen molar-refractivity contribution < 1.29 is 31.4 Å². The maximum atomic E-state index is 14.3. The third-order valence-electron chi connectivity index (χ3n) is 6.63. The molecular formula is C27H28F5N5O2. The highest BCUT2D eigenvalue weighted by Crippen LogP contribution is 2.57. The number of nitrogens with two attached hydrogens (primary N) is 1. The number of amidine groups is 1. The fourth-order valence-corrected chi connectivity index (χ4v) is 4.56. The van der Waals surface area contributed by atoms with Crippen molar-refractivity contribution in [3.63, 3.8) is 0 Å². The second-order valence-electron chi connectivity index (χ2n) is 9.41. The van der Waals surface area contributed by atoms with Gasteiger partial charge in [0.15, 0.2) is 11.4 Å². The fraction of sp³-hybridized carbons (Fsp3) is 0.333. The number of alkyl halides is 3. The number of rotatable bonds is 9. The highest BCUT2D eigenvalue weighted by molar-refractivity contribution is 5.84. The van der Waals surface area contributed by atoms with Crippen molar-refractivity contribution in [1.82, 2.24) is 15.1 Å². The normalized spacial score (nSPS) is 21.4. The first-order chi connectivity index (χ1) is 18.3. The molecule has 0 saturated carbocycles. The van der Waals surface area contributed by atoms with Gasteiger partial charge in [-0.05, 0) is 49.4 Å². The van der Waals surface area contributed by atoms with E-state index in [9.17, 15) is 22.0 Å². The molecule has 12 heteroatoms. The summed E-state index contributed by atoms with van der Waals surface area (Å²) in [4.78, 5) is 4.37. The Bertz CT molecular complexity index is 1390. The molecule has 7 nitrogen and oxygen atoms in total. The summed E-state index contributed by atoms with van der Waals surface area (Å²) in [5.41, 5.74) is 2.95. The van der Waals surface area contributed by atoms with Crippen molar-refractivity contribution in [3.05, 3.63) is 78.0 Å². The van der Waals surface area contributed by atoms with Crippen LogP contribution in [0.2, 0.25) is 0 Å². The summed E-state index contributed by atoms with van der Waals surface area (Å²) in [7, 11) is 1.35. The lowest BCUT2D eigenvalue weighted by atomic mass is 9.75. The molecule has 2 unspecified atom stereocenters. The molecule has 0 amide bonds. The van der Waals surface area contributed by atoms with Gasteiger partial charge in [0, 0.05) is 24.1 Å². The van der Waals surface area contributed by atoms with Gasteiger partial charge in [-0.1, -0.05) is 13.5 Å². The first-order valence-corrected chi connectivity index (χ1v) is 12.0. The molecule has 2 heterocycles. The molecule has 1 aliphatic rings. The molecule has 0 spiro atoms. The Hall–Kier alpha value is -3.93. The van der Waals surface area contributed by atoms with E-state index in [1.165, 1.54) is 55.2 Å². The molecule has 208 valence electrons. The lowest BCUT2D eigenvalue weighted by Crippen LogP contribution is -2.68. The van der Waals surface area contributed by atoms with E-state index in [0.29, 0.717) is 17.7 Å². The monoisotopic (exact) mass is 549 g/mol. The van der Waals surface area contributed by atoms with Crippen LogP contribution in [-0.4, -0.2) is 41.0 Å². The summed E-state index contributed by atoms with van der Waals surface area (Å²) in [5, 5.41) is 6.98. The smallest absolute Gasteiger partial charge is 0.419 e. The van der Waals surface area contributed by atoms with Gasteiger partial charge in [0.1, 0.15) is 23.2 Å². The minimum Gasteiger partial charge on any atom is -0.496 e. The SMILES string of the molecule is C=C(NCC1(C(F)(F)F)CC(C)(c2cc(F)ccc2OC)O1)c1cnn(-c2ccc(F)cc2)c1/N=C(\N)CC. The summed E-state index contributed by atoms with van der Waals surface area (Å²) in [6, 6.07) is 9.05. The number of aliphatic imine (C=N–C) groups is 1. The number of nitrogens with one attached hydrogen (secondary N) is 1. The van der Waals surface area contributed by atoms with Crippen molar-refractivity contribution >= 4 is 17.4 Å². The molecule has 3 aromatic rings. The standard InChI is InChI=1S/C27H28F5N5O2/c1-5-23(33)36-24-20(13-35-37(24)19-9-6-17(28)7-10-19)16(2)34-15-26(27(30,31)32)14-25(3,39-26)21-12-18(29)8-11-22(21)38-4/h6-13,34H,2,5,14-15H2,1,3-4H3,(H2,33,36). The van der Waals surface area contributed by atoms with Gasteiger partial charge >= 0.3 is 6.18 Å². The van der Waals surface area contributed by atoms with Crippen molar-refractivity contribution in [1.29, 1.82) is 0 Å². The van der Waals surface area contributed by atoms with E-state index >= 15 is 0 Å². The molecule has 0 aliphatic carbocycles. The van der Waals surface area contributed by atoms with Crippen LogP contribution in [0.25, 0.3) is 11.4 Å². The van der Waals surface area contributed by atoms with Crippen LogP contribution < -0.4 is 15.8 Å². The molecule has 1 saturated heterocycles.